The van der Waals surface area contributed by atoms with E-state index in [-0.39, 0.29) is 0 Å². The van der Waals surface area contributed by atoms with Crippen LogP contribution in [-0.2, 0) is 13.1 Å². The zero-order chi connectivity index (χ0) is 17.9. The minimum Gasteiger partial charge on any atom is -0.497 e. The van der Waals surface area contributed by atoms with Gasteiger partial charge < -0.3 is 10.1 Å². The Morgan fingerprint density at radius 3 is 2.73 bits per heavy atom. The molecular formula is C21H21N3OS. The van der Waals surface area contributed by atoms with Gasteiger partial charge in [-0.05, 0) is 54.4 Å². The fourth-order valence-corrected chi connectivity index (χ4v) is 4.03. The first-order chi connectivity index (χ1) is 12.7. The van der Waals surface area contributed by atoms with E-state index in [0.29, 0.717) is 0 Å². The number of nitrogens with one attached hydrogen (secondary N) is 1. The largest absolute Gasteiger partial charge is 0.497 e. The molecule has 0 spiro atoms. The quantitative estimate of drug-likeness (QED) is 0.540. The van der Waals surface area contributed by atoms with E-state index in [9.17, 15) is 0 Å². The highest BCUT2D eigenvalue weighted by molar-refractivity contribution is 7.20. The van der Waals surface area contributed by atoms with Gasteiger partial charge in [-0.25, -0.2) is 4.98 Å². The fourth-order valence-electron chi connectivity index (χ4n) is 2.95. The van der Waals surface area contributed by atoms with Gasteiger partial charge in [0.15, 0.2) is 5.13 Å². The fraction of sp³-hybridized carbons (Fsp3) is 0.190. The molecule has 0 aliphatic carbocycles. The van der Waals surface area contributed by atoms with Crippen molar-refractivity contribution in [1.29, 1.82) is 0 Å². The lowest BCUT2D eigenvalue weighted by molar-refractivity contribution is 0.414. The predicted octanol–water partition coefficient (Wildman–Crippen LogP) is 4.69. The monoisotopic (exact) mass is 363 g/mol. The molecular weight excluding hydrogens is 342 g/mol. The van der Waals surface area contributed by atoms with Crippen LogP contribution in [-0.4, -0.2) is 16.7 Å². The van der Waals surface area contributed by atoms with E-state index >= 15 is 0 Å². The molecule has 1 N–H and O–H groups in total. The van der Waals surface area contributed by atoms with E-state index in [1.807, 2.05) is 12.1 Å². The summed E-state index contributed by atoms with van der Waals surface area (Å²) in [5, 5.41) is 4.52. The molecule has 0 bridgehead atoms. The molecule has 0 saturated heterocycles. The second kappa shape index (κ2) is 7.32. The number of rotatable bonds is 6. The maximum atomic E-state index is 5.20. The third-order valence-corrected chi connectivity index (χ3v) is 5.38. The second-order valence-electron chi connectivity index (χ2n) is 6.29. The summed E-state index contributed by atoms with van der Waals surface area (Å²) in [6.45, 7) is 3.71. The van der Waals surface area contributed by atoms with Crippen molar-refractivity contribution in [2.75, 3.05) is 7.11 Å². The number of nitrogens with zero attached hydrogens (tertiary/aromatic N) is 2. The van der Waals surface area contributed by atoms with Crippen molar-refractivity contribution < 1.29 is 4.74 Å². The van der Waals surface area contributed by atoms with Gasteiger partial charge in [0.25, 0.3) is 0 Å². The molecule has 2 aromatic carbocycles. The maximum absolute atomic E-state index is 5.20. The number of aryl methyl sites for hydroxylation is 1. The average molecular weight is 363 g/mol. The SMILES string of the molecule is COc1ccc(CNCc2cccn2-c2nc3ccc(C)cc3s2)cc1. The molecule has 0 fully saturated rings. The number of aromatic nitrogens is 2. The molecule has 0 aliphatic rings. The van der Waals surface area contributed by atoms with Crippen molar-refractivity contribution in [3.63, 3.8) is 0 Å². The summed E-state index contributed by atoms with van der Waals surface area (Å²) in [4.78, 5) is 4.78. The van der Waals surface area contributed by atoms with Gasteiger partial charge in [0, 0.05) is 25.0 Å². The Hall–Kier alpha value is -2.63. The molecule has 4 rings (SSSR count). The van der Waals surface area contributed by atoms with E-state index in [1.54, 1.807) is 18.4 Å². The van der Waals surface area contributed by atoms with E-state index in [4.69, 9.17) is 9.72 Å². The number of hydrogen-bond donors (Lipinski definition) is 1. The summed E-state index contributed by atoms with van der Waals surface area (Å²) in [6, 6.07) is 18.8. The molecule has 132 valence electrons. The Morgan fingerprint density at radius 2 is 1.92 bits per heavy atom. The maximum Gasteiger partial charge on any atom is 0.194 e. The molecule has 0 atom stereocenters. The third-order valence-electron chi connectivity index (χ3n) is 4.37. The third kappa shape index (κ3) is 3.49. The Labute approximate surface area is 157 Å². The molecule has 0 amide bonds. The molecule has 0 saturated carbocycles. The summed E-state index contributed by atoms with van der Waals surface area (Å²) >= 11 is 1.73. The minimum absolute atomic E-state index is 0.786. The van der Waals surface area contributed by atoms with Crippen molar-refractivity contribution in [1.82, 2.24) is 14.9 Å². The summed E-state index contributed by atoms with van der Waals surface area (Å²) in [6.07, 6.45) is 2.08. The van der Waals surface area contributed by atoms with E-state index < -0.39 is 0 Å². The average Bonchev–Trinajstić information content (AvgIpc) is 3.28. The molecule has 0 radical (unpaired) electrons. The number of hydrogen-bond acceptors (Lipinski definition) is 4. The summed E-state index contributed by atoms with van der Waals surface area (Å²) < 4.78 is 8.60. The molecule has 5 heteroatoms. The van der Waals surface area contributed by atoms with Gasteiger partial charge in [0.05, 0.1) is 17.3 Å². The summed E-state index contributed by atoms with van der Waals surface area (Å²) in [5.74, 6) is 0.883. The van der Waals surface area contributed by atoms with Gasteiger partial charge in [0.1, 0.15) is 5.75 Å². The van der Waals surface area contributed by atoms with Crippen molar-refractivity contribution >= 4 is 21.6 Å². The molecule has 4 nitrogen and oxygen atoms in total. The lowest BCUT2D eigenvalue weighted by Gasteiger charge is -2.08. The molecule has 0 aliphatic heterocycles. The first-order valence-electron chi connectivity index (χ1n) is 8.60. The van der Waals surface area contributed by atoms with E-state index in [0.717, 1.165) is 29.5 Å². The molecule has 0 unspecified atom stereocenters. The lowest BCUT2D eigenvalue weighted by atomic mass is 10.2. The molecule has 26 heavy (non-hydrogen) atoms. The highest BCUT2D eigenvalue weighted by Gasteiger charge is 2.09. The smallest absolute Gasteiger partial charge is 0.194 e. The number of fused-ring (bicyclic) bond motifs is 1. The predicted molar refractivity (Wildman–Crippen MR) is 107 cm³/mol. The van der Waals surface area contributed by atoms with Gasteiger partial charge in [-0.15, -0.1) is 0 Å². The number of ether oxygens (including phenoxy) is 1. The first kappa shape index (κ1) is 16.8. The Bertz CT molecular complexity index is 1020. The van der Waals surface area contributed by atoms with Crippen LogP contribution in [0.1, 0.15) is 16.8 Å². The number of benzene rings is 2. The highest BCUT2D eigenvalue weighted by atomic mass is 32.1. The Morgan fingerprint density at radius 1 is 1.08 bits per heavy atom. The number of thiazole rings is 1. The van der Waals surface area contributed by atoms with Crippen LogP contribution < -0.4 is 10.1 Å². The van der Waals surface area contributed by atoms with E-state index in [1.165, 1.54) is 21.5 Å². The summed E-state index contributed by atoms with van der Waals surface area (Å²) in [7, 11) is 1.69. The topological polar surface area (TPSA) is 39.1 Å². The molecule has 2 aromatic heterocycles. The van der Waals surface area contributed by atoms with Gasteiger partial charge in [0.2, 0.25) is 0 Å². The van der Waals surface area contributed by atoms with Gasteiger partial charge in [-0.1, -0.05) is 29.5 Å². The van der Waals surface area contributed by atoms with Crippen molar-refractivity contribution in [2.24, 2.45) is 0 Å². The molecule has 4 aromatic rings. The van der Waals surface area contributed by atoms with Crippen LogP contribution >= 0.6 is 11.3 Å². The van der Waals surface area contributed by atoms with Gasteiger partial charge >= 0.3 is 0 Å². The van der Waals surface area contributed by atoms with Crippen molar-refractivity contribution in [3.05, 3.63) is 77.6 Å². The van der Waals surface area contributed by atoms with Crippen LogP contribution in [0.3, 0.4) is 0 Å². The normalized spacial score (nSPS) is 11.2. The van der Waals surface area contributed by atoms with Crippen LogP contribution in [0.15, 0.2) is 60.8 Å². The van der Waals surface area contributed by atoms with E-state index in [2.05, 4.69) is 65.5 Å². The second-order valence-corrected chi connectivity index (χ2v) is 7.30. The van der Waals surface area contributed by atoms with Crippen molar-refractivity contribution in [2.45, 2.75) is 20.0 Å². The van der Waals surface area contributed by atoms with Crippen LogP contribution in [0, 0.1) is 6.92 Å². The van der Waals surface area contributed by atoms with Crippen LogP contribution in [0.25, 0.3) is 15.3 Å². The summed E-state index contributed by atoms with van der Waals surface area (Å²) in [5.41, 5.74) is 4.76. The Balaban J connectivity index is 1.47. The minimum atomic E-state index is 0.786. The standard InChI is InChI=1S/C21H21N3OS/c1-15-5-10-19-20(12-15)26-21(23-19)24-11-3-4-17(24)14-22-13-16-6-8-18(25-2)9-7-16/h3-12,22H,13-14H2,1-2H3. The highest BCUT2D eigenvalue weighted by Crippen LogP contribution is 2.27. The zero-order valence-corrected chi connectivity index (χ0v) is 15.7. The Kier molecular flexibility index (Phi) is 4.73. The van der Waals surface area contributed by atoms with Crippen LogP contribution in [0.5, 0.6) is 5.75 Å². The van der Waals surface area contributed by atoms with Crippen LogP contribution in [0.2, 0.25) is 0 Å². The lowest BCUT2D eigenvalue weighted by Crippen LogP contribution is -2.15. The number of methoxy groups -OCH3 is 1. The van der Waals surface area contributed by atoms with Gasteiger partial charge in [-0.3, -0.25) is 4.57 Å². The molecule has 2 heterocycles. The first-order valence-corrected chi connectivity index (χ1v) is 9.42. The van der Waals surface area contributed by atoms with Crippen molar-refractivity contribution in [3.8, 4) is 10.9 Å². The zero-order valence-electron chi connectivity index (χ0n) is 14.9. The van der Waals surface area contributed by atoms with Crippen LogP contribution in [0.4, 0.5) is 0 Å². The van der Waals surface area contributed by atoms with Gasteiger partial charge in [-0.2, -0.15) is 0 Å².